The molecule has 2 aromatic rings. The molecular weight excluding hydrogens is 372 g/mol. The molecule has 0 bridgehead atoms. The van der Waals surface area contributed by atoms with Crippen molar-refractivity contribution < 1.29 is 24.2 Å². The SMILES string of the molecule is CN(CC(=O)N1CCC(C(=O)O)CC1)C(=O)c1cccc(Oc2ccccc2)c1. The van der Waals surface area contributed by atoms with Gasteiger partial charge >= 0.3 is 5.97 Å². The highest BCUT2D eigenvalue weighted by molar-refractivity contribution is 5.96. The molecule has 0 spiro atoms. The minimum Gasteiger partial charge on any atom is -0.481 e. The Morgan fingerprint density at radius 3 is 2.34 bits per heavy atom. The average Bonchev–Trinajstić information content (AvgIpc) is 2.74. The molecule has 1 N–H and O–H groups in total. The fraction of sp³-hybridized carbons (Fsp3) is 0.318. The number of amides is 2. The maximum absolute atomic E-state index is 12.7. The highest BCUT2D eigenvalue weighted by Crippen LogP contribution is 2.22. The average molecular weight is 396 g/mol. The Bertz CT molecular complexity index is 876. The third-order valence-electron chi connectivity index (χ3n) is 4.98. The number of aliphatic carboxylic acids is 1. The Balaban J connectivity index is 1.58. The van der Waals surface area contributed by atoms with Crippen molar-refractivity contribution in [1.29, 1.82) is 0 Å². The van der Waals surface area contributed by atoms with Gasteiger partial charge in [-0.1, -0.05) is 24.3 Å². The van der Waals surface area contributed by atoms with Crippen LogP contribution in [0.5, 0.6) is 11.5 Å². The van der Waals surface area contributed by atoms with Gasteiger partial charge < -0.3 is 19.6 Å². The van der Waals surface area contributed by atoms with Gasteiger partial charge in [0.2, 0.25) is 5.91 Å². The van der Waals surface area contributed by atoms with Crippen molar-refractivity contribution in [2.75, 3.05) is 26.7 Å². The number of carboxylic acid groups (broad SMARTS) is 1. The largest absolute Gasteiger partial charge is 0.481 e. The van der Waals surface area contributed by atoms with Crippen LogP contribution in [-0.2, 0) is 9.59 Å². The molecule has 2 aromatic carbocycles. The molecule has 3 rings (SSSR count). The molecule has 1 fully saturated rings. The lowest BCUT2D eigenvalue weighted by Gasteiger charge is -2.31. The van der Waals surface area contributed by atoms with Gasteiger partial charge in [0.1, 0.15) is 11.5 Å². The zero-order chi connectivity index (χ0) is 20.8. The van der Waals surface area contributed by atoms with Crippen LogP contribution in [0.25, 0.3) is 0 Å². The fourth-order valence-corrected chi connectivity index (χ4v) is 3.29. The number of nitrogens with zero attached hydrogens (tertiary/aromatic N) is 2. The van der Waals surface area contributed by atoms with E-state index in [9.17, 15) is 14.4 Å². The third-order valence-corrected chi connectivity index (χ3v) is 4.98. The smallest absolute Gasteiger partial charge is 0.306 e. The van der Waals surface area contributed by atoms with Crippen molar-refractivity contribution in [3.05, 3.63) is 60.2 Å². The number of likely N-dealkylation sites (N-methyl/N-ethyl adjacent to an activating group) is 1. The maximum Gasteiger partial charge on any atom is 0.306 e. The van der Waals surface area contributed by atoms with Crippen LogP contribution in [-0.4, -0.2) is 59.4 Å². The summed E-state index contributed by atoms with van der Waals surface area (Å²) in [5, 5.41) is 9.06. The van der Waals surface area contributed by atoms with E-state index in [1.807, 2.05) is 30.3 Å². The lowest BCUT2D eigenvalue weighted by Crippen LogP contribution is -2.45. The monoisotopic (exact) mass is 396 g/mol. The zero-order valence-corrected chi connectivity index (χ0v) is 16.3. The van der Waals surface area contributed by atoms with Crippen LogP contribution in [0, 0.1) is 5.92 Å². The molecule has 152 valence electrons. The summed E-state index contributed by atoms with van der Waals surface area (Å²) in [6, 6.07) is 16.1. The van der Waals surface area contributed by atoms with E-state index in [4.69, 9.17) is 9.84 Å². The van der Waals surface area contributed by atoms with Crippen molar-refractivity contribution in [3.8, 4) is 11.5 Å². The Morgan fingerprint density at radius 1 is 1.03 bits per heavy atom. The summed E-state index contributed by atoms with van der Waals surface area (Å²) >= 11 is 0. The van der Waals surface area contributed by atoms with Crippen molar-refractivity contribution in [1.82, 2.24) is 9.80 Å². The van der Waals surface area contributed by atoms with Crippen LogP contribution < -0.4 is 4.74 Å². The number of carboxylic acids is 1. The lowest BCUT2D eigenvalue weighted by atomic mass is 9.97. The normalized spacial score (nSPS) is 14.3. The molecule has 0 aromatic heterocycles. The second kappa shape index (κ2) is 9.23. The topological polar surface area (TPSA) is 87.2 Å². The predicted octanol–water partition coefficient (Wildman–Crippen LogP) is 2.87. The molecule has 1 saturated heterocycles. The summed E-state index contributed by atoms with van der Waals surface area (Å²) in [4.78, 5) is 39.2. The highest BCUT2D eigenvalue weighted by atomic mass is 16.5. The lowest BCUT2D eigenvalue weighted by molar-refractivity contribution is -0.145. The maximum atomic E-state index is 12.7. The van der Waals surface area contributed by atoms with Crippen molar-refractivity contribution in [2.45, 2.75) is 12.8 Å². The van der Waals surface area contributed by atoms with E-state index in [0.717, 1.165) is 0 Å². The summed E-state index contributed by atoms with van der Waals surface area (Å²) in [6.45, 7) is 0.747. The molecule has 0 radical (unpaired) electrons. The van der Waals surface area contributed by atoms with E-state index in [1.54, 1.807) is 36.2 Å². The number of piperidine rings is 1. The van der Waals surface area contributed by atoms with Crippen LogP contribution in [0.3, 0.4) is 0 Å². The molecule has 1 aliphatic rings. The number of carbonyl (C=O) groups is 3. The van der Waals surface area contributed by atoms with E-state index < -0.39 is 11.9 Å². The molecule has 0 atom stereocenters. The van der Waals surface area contributed by atoms with E-state index in [0.29, 0.717) is 43.0 Å². The minimum atomic E-state index is -0.818. The number of rotatable bonds is 6. The second-order valence-corrected chi connectivity index (χ2v) is 7.10. The Morgan fingerprint density at radius 2 is 1.69 bits per heavy atom. The Kier molecular flexibility index (Phi) is 6.49. The summed E-state index contributed by atoms with van der Waals surface area (Å²) < 4.78 is 5.76. The number of carbonyl (C=O) groups excluding carboxylic acids is 2. The molecule has 1 aliphatic heterocycles. The van der Waals surface area contributed by atoms with Gasteiger partial charge in [-0.25, -0.2) is 0 Å². The van der Waals surface area contributed by atoms with Crippen LogP contribution in [0.15, 0.2) is 54.6 Å². The van der Waals surface area contributed by atoms with Gasteiger partial charge in [-0.05, 0) is 43.2 Å². The van der Waals surface area contributed by atoms with Gasteiger partial charge in [0, 0.05) is 25.7 Å². The van der Waals surface area contributed by atoms with Crippen LogP contribution in [0.2, 0.25) is 0 Å². The van der Waals surface area contributed by atoms with E-state index in [2.05, 4.69) is 0 Å². The third kappa shape index (κ3) is 5.34. The van der Waals surface area contributed by atoms with Crippen LogP contribution in [0.1, 0.15) is 23.2 Å². The molecule has 1 heterocycles. The van der Waals surface area contributed by atoms with Crippen molar-refractivity contribution in [2.24, 2.45) is 5.92 Å². The molecular formula is C22H24N2O5. The molecule has 7 nitrogen and oxygen atoms in total. The number of likely N-dealkylation sites (tertiary alicyclic amines) is 1. The van der Waals surface area contributed by atoms with Gasteiger partial charge in [0.15, 0.2) is 0 Å². The summed E-state index contributed by atoms with van der Waals surface area (Å²) in [5.41, 5.74) is 0.429. The van der Waals surface area contributed by atoms with Gasteiger partial charge in [-0.2, -0.15) is 0 Å². The number of hydrogen-bond acceptors (Lipinski definition) is 4. The quantitative estimate of drug-likeness (QED) is 0.811. The first-order chi connectivity index (χ1) is 13.9. The number of ether oxygens (including phenoxy) is 1. The minimum absolute atomic E-state index is 0.0552. The number of benzene rings is 2. The van der Waals surface area contributed by atoms with E-state index in [1.165, 1.54) is 4.90 Å². The van der Waals surface area contributed by atoms with Gasteiger partial charge in [-0.3, -0.25) is 14.4 Å². The highest BCUT2D eigenvalue weighted by Gasteiger charge is 2.28. The van der Waals surface area contributed by atoms with Gasteiger partial charge in [-0.15, -0.1) is 0 Å². The van der Waals surface area contributed by atoms with Crippen molar-refractivity contribution in [3.63, 3.8) is 0 Å². The van der Waals surface area contributed by atoms with Gasteiger partial charge in [0.25, 0.3) is 5.91 Å². The van der Waals surface area contributed by atoms with E-state index >= 15 is 0 Å². The molecule has 2 amide bonds. The first kappa shape index (κ1) is 20.4. The summed E-state index contributed by atoms with van der Waals surface area (Å²) in [5.74, 6) is -0.464. The summed E-state index contributed by atoms with van der Waals surface area (Å²) in [6.07, 6.45) is 0.884. The summed E-state index contributed by atoms with van der Waals surface area (Å²) in [7, 11) is 1.58. The fourth-order valence-electron chi connectivity index (χ4n) is 3.29. The van der Waals surface area contributed by atoms with Gasteiger partial charge in [0.05, 0.1) is 12.5 Å². The molecule has 29 heavy (non-hydrogen) atoms. The predicted molar refractivity (Wildman–Crippen MR) is 107 cm³/mol. The first-order valence-corrected chi connectivity index (χ1v) is 9.53. The molecule has 0 unspecified atom stereocenters. The van der Waals surface area contributed by atoms with Crippen molar-refractivity contribution >= 4 is 17.8 Å². The van der Waals surface area contributed by atoms with E-state index in [-0.39, 0.29) is 18.4 Å². The molecule has 7 heteroatoms. The molecule has 0 aliphatic carbocycles. The standard InChI is InChI=1S/C22H24N2O5/c1-23(15-20(25)24-12-10-16(11-13-24)22(27)28)21(26)17-6-5-9-19(14-17)29-18-7-3-2-4-8-18/h2-9,14,16H,10-13,15H2,1H3,(H,27,28). The Hall–Kier alpha value is -3.35. The number of para-hydroxylation sites is 1. The Labute approximate surface area is 169 Å². The molecule has 0 saturated carbocycles. The van der Waals surface area contributed by atoms with Crippen LogP contribution >= 0.6 is 0 Å². The zero-order valence-electron chi connectivity index (χ0n) is 16.3. The van der Waals surface area contributed by atoms with Crippen LogP contribution in [0.4, 0.5) is 0 Å². The first-order valence-electron chi connectivity index (χ1n) is 9.53. The number of hydrogen-bond donors (Lipinski definition) is 1. The second-order valence-electron chi connectivity index (χ2n) is 7.10.